The topological polar surface area (TPSA) is 67.6 Å². The van der Waals surface area contributed by atoms with Crippen molar-refractivity contribution in [1.82, 2.24) is 24.1 Å². The summed E-state index contributed by atoms with van der Waals surface area (Å²) < 4.78 is 44.8. The van der Waals surface area contributed by atoms with Crippen molar-refractivity contribution in [2.24, 2.45) is 0 Å². The van der Waals surface area contributed by atoms with Gasteiger partial charge in [-0.1, -0.05) is 6.08 Å². The molecule has 1 aromatic heterocycles. The number of allylic oxidation sites excluding steroid dienone is 1. The summed E-state index contributed by atoms with van der Waals surface area (Å²) in [6, 6.07) is 5.05. The fraction of sp³-hybridized carbons (Fsp3) is 0.450. The number of hydrogen-bond acceptors (Lipinski definition) is 6. The number of amides is 1. The molecule has 12 heteroatoms. The average molecular weight is 471 g/mol. The Hall–Kier alpha value is -2.70. The van der Waals surface area contributed by atoms with Crippen molar-refractivity contribution >= 4 is 23.8 Å². The molecule has 2 heterocycles. The second kappa shape index (κ2) is 10.3. The summed E-state index contributed by atoms with van der Waals surface area (Å²) in [7, 11) is 0. The number of ether oxygens (including phenoxy) is 1. The predicted octanol–water partition coefficient (Wildman–Crippen LogP) is 3.02. The molecule has 0 unspecified atom stereocenters. The molecule has 1 amide bonds. The first kappa shape index (κ1) is 24.0. The van der Waals surface area contributed by atoms with Crippen molar-refractivity contribution < 1.29 is 22.7 Å². The normalized spacial score (nSPS) is 15.5. The van der Waals surface area contributed by atoms with Crippen molar-refractivity contribution in [2.45, 2.75) is 26.5 Å². The SMILES string of the molecule is C=CCn1c(C)nn(CN2CCN(CC(=O)Nc3ccc(OC(F)(F)F)cc3)CC2)c1=S. The quantitative estimate of drug-likeness (QED) is 0.473. The van der Waals surface area contributed by atoms with Gasteiger partial charge < -0.3 is 14.6 Å². The first-order valence-electron chi connectivity index (χ1n) is 10.00. The number of aromatic nitrogens is 3. The van der Waals surface area contributed by atoms with E-state index in [1.165, 1.54) is 12.1 Å². The van der Waals surface area contributed by atoms with Crippen LogP contribution in [0.4, 0.5) is 18.9 Å². The fourth-order valence-corrected chi connectivity index (χ4v) is 3.71. The molecule has 0 aliphatic carbocycles. The van der Waals surface area contributed by atoms with Crippen LogP contribution in [0.3, 0.4) is 0 Å². The zero-order valence-electron chi connectivity index (χ0n) is 17.6. The van der Waals surface area contributed by atoms with Crippen LogP contribution in [0.15, 0.2) is 36.9 Å². The third kappa shape index (κ3) is 6.65. The molecular weight excluding hydrogens is 445 g/mol. The Morgan fingerprint density at radius 2 is 1.84 bits per heavy atom. The summed E-state index contributed by atoms with van der Waals surface area (Å²) in [6.45, 7) is 9.95. The van der Waals surface area contributed by atoms with Crippen LogP contribution in [0, 0.1) is 11.7 Å². The van der Waals surface area contributed by atoms with Gasteiger partial charge in [0.05, 0.1) is 13.2 Å². The van der Waals surface area contributed by atoms with Gasteiger partial charge in [0.15, 0.2) is 4.77 Å². The average Bonchev–Trinajstić information content (AvgIpc) is 2.97. The first-order valence-corrected chi connectivity index (χ1v) is 10.4. The van der Waals surface area contributed by atoms with E-state index in [0.717, 1.165) is 31.0 Å². The van der Waals surface area contributed by atoms with E-state index in [1.54, 1.807) is 10.8 Å². The molecule has 0 bridgehead atoms. The summed E-state index contributed by atoms with van der Waals surface area (Å²) >= 11 is 5.49. The number of carbonyl (C=O) groups excluding carboxylic acids is 1. The molecule has 1 aliphatic rings. The van der Waals surface area contributed by atoms with Gasteiger partial charge in [0.25, 0.3) is 0 Å². The highest BCUT2D eigenvalue weighted by Crippen LogP contribution is 2.24. The second-order valence-corrected chi connectivity index (χ2v) is 7.75. The lowest BCUT2D eigenvalue weighted by Gasteiger charge is -2.33. The lowest BCUT2D eigenvalue weighted by atomic mass is 10.3. The zero-order chi connectivity index (χ0) is 23.3. The van der Waals surface area contributed by atoms with Crippen LogP contribution >= 0.6 is 12.2 Å². The molecule has 0 saturated carbocycles. The molecule has 1 N–H and O–H groups in total. The molecule has 174 valence electrons. The van der Waals surface area contributed by atoms with Crippen molar-refractivity contribution in [3.05, 3.63) is 47.5 Å². The van der Waals surface area contributed by atoms with Gasteiger partial charge in [-0.25, -0.2) is 4.68 Å². The Morgan fingerprint density at radius 1 is 1.22 bits per heavy atom. The molecule has 2 aromatic rings. The number of nitrogens with zero attached hydrogens (tertiary/aromatic N) is 5. The van der Waals surface area contributed by atoms with Crippen LogP contribution in [0.2, 0.25) is 0 Å². The van der Waals surface area contributed by atoms with Gasteiger partial charge in [0, 0.05) is 38.4 Å². The van der Waals surface area contributed by atoms with Gasteiger partial charge in [0.2, 0.25) is 5.91 Å². The van der Waals surface area contributed by atoms with Crippen LogP contribution in [0.25, 0.3) is 0 Å². The van der Waals surface area contributed by atoms with Gasteiger partial charge in [-0.15, -0.1) is 19.8 Å². The smallest absolute Gasteiger partial charge is 0.406 e. The van der Waals surface area contributed by atoms with Crippen LogP contribution in [-0.4, -0.2) is 69.1 Å². The maximum Gasteiger partial charge on any atom is 0.573 e. The molecule has 1 aliphatic heterocycles. The first-order chi connectivity index (χ1) is 15.1. The van der Waals surface area contributed by atoms with Gasteiger partial charge in [0.1, 0.15) is 11.6 Å². The maximum absolute atomic E-state index is 12.3. The maximum atomic E-state index is 12.3. The fourth-order valence-electron chi connectivity index (χ4n) is 3.40. The number of hydrogen-bond donors (Lipinski definition) is 1. The number of alkyl halides is 3. The van der Waals surface area contributed by atoms with Gasteiger partial charge in [-0.2, -0.15) is 5.10 Å². The minimum atomic E-state index is -4.75. The number of rotatable bonds is 8. The Morgan fingerprint density at radius 3 is 2.44 bits per heavy atom. The number of halogens is 3. The van der Waals surface area contributed by atoms with Crippen LogP contribution in [0.1, 0.15) is 5.82 Å². The molecule has 0 atom stereocenters. The summed E-state index contributed by atoms with van der Waals surface area (Å²) in [6.07, 6.45) is -2.97. The van der Waals surface area contributed by atoms with Crippen molar-refractivity contribution in [3.8, 4) is 5.75 Å². The monoisotopic (exact) mass is 470 g/mol. The zero-order valence-corrected chi connectivity index (χ0v) is 18.5. The molecule has 8 nitrogen and oxygen atoms in total. The highest BCUT2D eigenvalue weighted by molar-refractivity contribution is 7.71. The Balaban J connectivity index is 1.45. The number of aryl methyl sites for hydroxylation is 1. The third-order valence-electron chi connectivity index (χ3n) is 4.96. The predicted molar refractivity (Wildman–Crippen MR) is 116 cm³/mol. The van der Waals surface area contributed by atoms with Gasteiger partial charge in [-0.3, -0.25) is 14.6 Å². The van der Waals surface area contributed by atoms with E-state index in [-0.39, 0.29) is 18.2 Å². The second-order valence-electron chi connectivity index (χ2n) is 7.38. The lowest BCUT2D eigenvalue weighted by molar-refractivity contribution is -0.274. The standard InChI is InChI=1S/C20H25F3N6O2S/c1-3-8-28-15(2)25-29(19(28)32)14-27-11-9-26(10-12-27)13-18(30)24-16-4-6-17(7-5-16)31-20(21,22)23/h3-7H,1,8-14H2,2H3,(H,24,30). The molecule has 1 aromatic carbocycles. The van der Waals surface area contributed by atoms with E-state index in [1.807, 2.05) is 16.4 Å². The number of benzene rings is 1. The lowest BCUT2D eigenvalue weighted by Crippen LogP contribution is -2.49. The largest absolute Gasteiger partial charge is 0.573 e. The van der Waals surface area contributed by atoms with Crippen molar-refractivity contribution in [2.75, 3.05) is 38.0 Å². The molecule has 1 fully saturated rings. The molecule has 1 saturated heterocycles. The summed E-state index contributed by atoms with van der Waals surface area (Å²) in [5, 5.41) is 7.19. The molecule has 32 heavy (non-hydrogen) atoms. The van der Waals surface area contributed by atoms with Gasteiger partial charge in [-0.05, 0) is 43.4 Å². The Labute approximate surface area is 188 Å². The van der Waals surface area contributed by atoms with Crippen LogP contribution in [-0.2, 0) is 18.0 Å². The van der Waals surface area contributed by atoms with Crippen molar-refractivity contribution in [1.29, 1.82) is 0 Å². The highest BCUT2D eigenvalue weighted by Gasteiger charge is 2.31. The molecular formula is C20H25F3N6O2S. The number of piperazine rings is 1. The van der Waals surface area contributed by atoms with E-state index in [4.69, 9.17) is 12.2 Å². The summed E-state index contributed by atoms with van der Waals surface area (Å²) in [5.41, 5.74) is 0.406. The van der Waals surface area contributed by atoms with Crippen molar-refractivity contribution in [3.63, 3.8) is 0 Å². The number of anilines is 1. The molecule has 0 radical (unpaired) electrons. The highest BCUT2D eigenvalue weighted by atomic mass is 32.1. The van der Waals surface area contributed by atoms with E-state index < -0.39 is 6.36 Å². The van der Waals surface area contributed by atoms with Crippen LogP contribution in [0.5, 0.6) is 5.75 Å². The molecule has 0 spiro atoms. The summed E-state index contributed by atoms with van der Waals surface area (Å²) in [5.74, 6) is 0.267. The Kier molecular flexibility index (Phi) is 7.69. The third-order valence-corrected chi connectivity index (χ3v) is 5.39. The van der Waals surface area contributed by atoms with E-state index in [0.29, 0.717) is 36.8 Å². The molecule has 3 rings (SSSR count). The minimum Gasteiger partial charge on any atom is -0.406 e. The van der Waals surface area contributed by atoms with E-state index in [9.17, 15) is 18.0 Å². The number of nitrogens with one attached hydrogen (secondary N) is 1. The Bertz CT molecular complexity index is 994. The van der Waals surface area contributed by atoms with E-state index >= 15 is 0 Å². The van der Waals surface area contributed by atoms with Crippen LogP contribution < -0.4 is 10.1 Å². The summed E-state index contributed by atoms with van der Waals surface area (Å²) in [4.78, 5) is 16.5. The van der Waals surface area contributed by atoms with Gasteiger partial charge >= 0.3 is 6.36 Å². The number of carbonyl (C=O) groups is 1. The minimum absolute atomic E-state index is 0.196. The van der Waals surface area contributed by atoms with E-state index in [2.05, 4.69) is 26.6 Å².